The average Bonchev–Trinajstić information content (AvgIpc) is 3.04. The minimum atomic E-state index is -1.16. The number of rotatable bonds is 4. The molecule has 0 unspecified atom stereocenters. The first-order chi connectivity index (χ1) is 11.1. The monoisotopic (exact) mass is 312 g/mol. The van der Waals surface area contributed by atoms with Gasteiger partial charge in [-0.1, -0.05) is 41.6 Å². The Balaban J connectivity index is 1.61. The van der Waals surface area contributed by atoms with Gasteiger partial charge in [0.05, 0.1) is 6.20 Å². The van der Waals surface area contributed by atoms with Gasteiger partial charge >= 0.3 is 5.97 Å². The van der Waals surface area contributed by atoms with Gasteiger partial charge in [-0.05, 0) is 17.6 Å². The number of carboxylic acid groups (broad SMARTS) is 1. The van der Waals surface area contributed by atoms with Crippen molar-refractivity contribution < 1.29 is 14.7 Å². The van der Waals surface area contributed by atoms with Gasteiger partial charge < -0.3 is 10.0 Å². The zero-order chi connectivity index (χ0) is 16.2. The number of nitrogens with zero attached hydrogens (tertiary/aromatic N) is 4. The van der Waals surface area contributed by atoms with Crippen molar-refractivity contribution >= 4 is 17.4 Å². The molecule has 0 saturated heterocycles. The molecular formula is C16H16N4O3. The van der Waals surface area contributed by atoms with Crippen LogP contribution in [0.4, 0.5) is 0 Å². The van der Waals surface area contributed by atoms with Crippen LogP contribution in [0.3, 0.4) is 0 Å². The number of aromatic nitrogens is 3. The first-order valence-electron chi connectivity index (χ1n) is 7.29. The fourth-order valence-electron chi connectivity index (χ4n) is 2.52. The first kappa shape index (κ1) is 15.0. The van der Waals surface area contributed by atoms with Gasteiger partial charge in [0.1, 0.15) is 6.54 Å². The molecule has 1 N–H and O–H groups in total. The molecular weight excluding hydrogens is 296 g/mol. The SMILES string of the molecule is O=C(O)c1cn(CC(=O)N2CC=C(c3ccccc3)CC2)nn1. The smallest absolute Gasteiger partial charge is 0.358 e. The maximum Gasteiger partial charge on any atom is 0.358 e. The van der Waals surface area contributed by atoms with Gasteiger partial charge in [0.25, 0.3) is 0 Å². The van der Waals surface area contributed by atoms with E-state index in [9.17, 15) is 9.59 Å². The molecule has 1 aromatic carbocycles. The predicted octanol–water partition coefficient (Wildman–Crippen LogP) is 1.29. The standard InChI is InChI=1S/C16H16N4O3/c21-15(11-20-10-14(16(22)23)17-18-20)19-8-6-13(7-9-19)12-4-2-1-3-5-12/h1-6,10H,7-9,11H2,(H,22,23). The molecule has 7 heteroatoms. The van der Waals surface area contributed by atoms with E-state index in [-0.39, 0.29) is 18.1 Å². The quantitative estimate of drug-likeness (QED) is 0.919. The van der Waals surface area contributed by atoms with E-state index < -0.39 is 5.97 Å². The van der Waals surface area contributed by atoms with Gasteiger partial charge in [-0.25, -0.2) is 9.48 Å². The van der Waals surface area contributed by atoms with Crippen LogP contribution in [-0.4, -0.2) is 50.0 Å². The number of carboxylic acids is 1. The number of carbonyl (C=O) groups is 2. The largest absolute Gasteiger partial charge is 0.476 e. The van der Waals surface area contributed by atoms with Crippen LogP contribution in [0, 0.1) is 0 Å². The summed E-state index contributed by atoms with van der Waals surface area (Å²) in [6.45, 7) is 1.18. The number of amides is 1. The van der Waals surface area contributed by atoms with E-state index in [1.54, 1.807) is 4.90 Å². The summed E-state index contributed by atoms with van der Waals surface area (Å²) in [6, 6.07) is 10.1. The molecule has 23 heavy (non-hydrogen) atoms. The average molecular weight is 312 g/mol. The van der Waals surface area contributed by atoms with Crippen LogP contribution >= 0.6 is 0 Å². The van der Waals surface area contributed by atoms with Crippen molar-refractivity contribution in [2.45, 2.75) is 13.0 Å². The molecule has 0 bridgehead atoms. The Hall–Kier alpha value is -2.96. The molecule has 0 atom stereocenters. The molecule has 1 aliphatic rings. The first-order valence-corrected chi connectivity index (χ1v) is 7.29. The van der Waals surface area contributed by atoms with Gasteiger partial charge in [-0.2, -0.15) is 0 Å². The van der Waals surface area contributed by atoms with Gasteiger partial charge in [-0.3, -0.25) is 4.79 Å². The Labute approximate surface area is 132 Å². The molecule has 2 heterocycles. The third kappa shape index (κ3) is 3.45. The molecule has 0 fully saturated rings. The van der Waals surface area contributed by atoms with Crippen LogP contribution in [-0.2, 0) is 11.3 Å². The number of aromatic carboxylic acids is 1. The maximum absolute atomic E-state index is 12.3. The van der Waals surface area contributed by atoms with Crippen LogP contribution in [0.15, 0.2) is 42.6 Å². The Kier molecular flexibility index (Phi) is 4.18. The molecule has 0 aliphatic carbocycles. The number of hydrogen-bond donors (Lipinski definition) is 1. The fourth-order valence-corrected chi connectivity index (χ4v) is 2.52. The van der Waals surface area contributed by atoms with Crippen molar-refractivity contribution in [2.75, 3.05) is 13.1 Å². The normalized spacial score (nSPS) is 14.4. The summed E-state index contributed by atoms with van der Waals surface area (Å²) < 4.78 is 1.25. The lowest BCUT2D eigenvalue weighted by Gasteiger charge is -2.26. The van der Waals surface area contributed by atoms with E-state index in [4.69, 9.17) is 5.11 Å². The Morgan fingerprint density at radius 2 is 2.00 bits per heavy atom. The molecule has 2 aromatic rings. The zero-order valence-electron chi connectivity index (χ0n) is 12.4. The number of carbonyl (C=O) groups excluding carboxylic acids is 1. The Morgan fingerprint density at radius 1 is 1.22 bits per heavy atom. The lowest BCUT2D eigenvalue weighted by atomic mass is 9.99. The van der Waals surface area contributed by atoms with Gasteiger partial charge in [0.15, 0.2) is 5.69 Å². The van der Waals surface area contributed by atoms with Gasteiger partial charge in [0, 0.05) is 13.1 Å². The molecule has 1 aromatic heterocycles. The Morgan fingerprint density at radius 3 is 2.61 bits per heavy atom. The van der Waals surface area contributed by atoms with Crippen LogP contribution in [0.25, 0.3) is 5.57 Å². The van der Waals surface area contributed by atoms with E-state index in [0.717, 1.165) is 6.42 Å². The van der Waals surface area contributed by atoms with Crippen molar-refractivity contribution in [3.63, 3.8) is 0 Å². The van der Waals surface area contributed by atoms with Crippen molar-refractivity contribution in [2.24, 2.45) is 0 Å². The van der Waals surface area contributed by atoms with Crippen LogP contribution in [0.2, 0.25) is 0 Å². The fraction of sp³-hybridized carbons (Fsp3) is 0.250. The molecule has 3 rings (SSSR count). The highest BCUT2D eigenvalue weighted by atomic mass is 16.4. The number of benzene rings is 1. The van der Waals surface area contributed by atoms with E-state index in [1.807, 2.05) is 18.2 Å². The van der Waals surface area contributed by atoms with E-state index >= 15 is 0 Å². The predicted molar refractivity (Wildman–Crippen MR) is 82.6 cm³/mol. The molecule has 1 amide bonds. The second kappa shape index (κ2) is 6.43. The second-order valence-corrected chi connectivity index (χ2v) is 5.29. The van der Waals surface area contributed by atoms with Crippen LogP contribution in [0.1, 0.15) is 22.5 Å². The van der Waals surface area contributed by atoms with Crippen molar-refractivity contribution in [1.29, 1.82) is 0 Å². The summed E-state index contributed by atoms with van der Waals surface area (Å²) >= 11 is 0. The summed E-state index contributed by atoms with van der Waals surface area (Å²) in [5, 5.41) is 16.0. The van der Waals surface area contributed by atoms with Crippen LogP contribution < -0.4 is 0 Å². The summed E-state index contributed by atoms with van der Waals surface area (Å²) in [6.07, 6.45) is 4.11. The molecule has 0 saturated carbocycles. The highest BCUT2D eigenvalue weighted by molar-refractivity contribution is 5.85. The topological polar surface area (TPSA) is 88.3 Å². The van der Waals surface area contributed by atoms with Gasteiger partial charge in [-0.15, -0.1) is 5.10 Å². The Bertz CT molecular complexity index is 752. The lowest BCUT2D eigenvalue weighted by Crippen LogP contribution is -2.37. The minimum Gasteiger partial charge on any atom is -0.476 e. The molecule has 118 valence electrons. The summed E-state index contributed by atoms with van der Waals surface area (Å²) in [4.78, 5) is 24.7. The maximum atomic E-state index is 12.3. The third-order valence-corrected chi connectivity index (χ3v) is 3.76. The number of hydrogen-bond acceptors (Lipinski definition) is 4. The second-order valence-electron chi connectivity index (χ2n) is 5.29. The van der Waals surface area contributed by atoms with E-state index in [0.29, 0.717) is 13.1 Å². The van der Waals surface area contributed by atoms with Gasteiger partial charge in [0.2, 0.25) is 5.91 Å². The van der Waals surface area contributed by atoms with E-state index in [2.05, 4.69) is 28.5 Å². The zero-order valence-corrected chi connectivity index (χ0v) is 12.4. The molecule has 7 nitrogen and oxygen atoms in total. The molecule has 0 radical (unpaired) electrons. The highest BCUT2D eigenvalue weighted by Crippen LogP contribution is 2.22. The van der Waals surface area contributed by atoms with Crippen molar-refractivity contribution in [3.05, 3.63) is 53.9 Å². The summed E-state index contributed by atoms with van der Waals surface area (Å²) in [7, 11) is 0. The van der Waals surface area contributed by atoms with Crippen molar-refractivity contribution in [3.8, 4) is 0 Å². The third-order valence-electron chi connectivity index (χ3n) is 3.76. The summed E-state index contributed by atoms with van der Waals surface area (Å²) in [5.41, 5.74) is 2.26. The van der Waals surface area contributed by atoms with E-state index in [1.165, 1.54) is 22.0 Å². The minimum absolute atomic E-state index is 0.00517. The van der Waals surface area contributed by atoms with Crippen molar-refractivity contribution in [1.82, 2.24) is 19.9 Å². The summed E-state index contributed by atoms with van der Waals surface area (Å²) in [5.74, 6) is -1.26. The molecule has 1 aliphatic heterocycles. The lowest BCUT2D eigenvalue weighted by molar-refractivity contribution is -0.131. The van der Waals surface area contributed by atoms with Crippen LogP contribution in [0.5, 0.6) is 0 Å². The highest BCUT2D eigenvalue weighted by Gasteiger charge is 2.19. The molecule has 0 spiro atoms.